The lowest BCUT2D eigenvalue weighted by Crippen LogP contribution is -2.51. The number of nitrogens with one attached hydrogen (secondary N) is 1. The number of aromatic nitrogens is 2. The number of aliphatic hydroxyl groups is 1. The van der Waals surface area contributed by atoms with Gasteiger partial charge in [-0.15, -0.1) is 0 Å². The second-order valence-electron chi connectivity index (χ2n) is 8.99. The van der Waals surface area contributed by atoms with Gasteiger partial charge in [0, 0.05) is 24.7 Å². The fourth-order valence-corrected chi connectivity index (χ4v) is 3.89. The Labute approximate surface area is 208 Å². The van der Waals surface area contributed by atoms with Gasteiger partial charge in [-0.2, -0.15) is 0 Å². The number of hydrogen-bond donors (Lipinski definition) is 3. The summed E-state index contributed by atoms with van der Waals surface area (Å²) in [7, 11) is -1.30. The van der Waals surface area contributed by atoms with Crippen molar-refractivity contribution < 1.29 is 38.7 Å². The van der Waals surface area contributed by atoms with Crippen LogP contribution >= 0.6 is 0 Å². The molecule has 0 bridgehead atoms. The highest BCUT2D eigenvalue weighted by Crippen LogP contribution is 2.22. The van der Waals surface area contributed by atoms with Gasteiger partial charge in [0.05, 0.1) is 12.1 Å². The SMILES string of the molecule is CC(C)C[C@H](NC(=O)C(CC(=O)c1cnccn1)Cc1ccccc1)B1OC(=O)C([C@H](O)C(=O)O)O1. The largest absolute Gasteiger partial charge is 0.552 e. The summed E-state index contributed by atoms with van der Waals surface area (Å²) in [6, 6.07) is 9.19. The molecule has 2 heterocycles. The van der Waals surface area contributed by atoms with Crippen molar-refractivity contribution in [2.75, 3.05) is 0 Å². The molecule has 0 spiro atoms. The number of carbonyl (C=O) groups is 4. The van der Waals surface area contributed by atoms with Gasteiger partial charge in [-0.05, 0) is 24.3 Å². The molecule has 1 aliphatic heterocycles. The van der Waals surface area contributed by atoms with Gasteiger partial charge < -0.3 is 24.8 Å². The number of nitrogens with zero attached hydrogens (tertiary/aromatic N) is 2. The highest BCUT2D eigenvalue weighted by Gasteiger charge is 2.50. The zero-order valence-electron chi connectivity index (χ0n) is 19.9. The molecular weight excluding hydrogens is 469 g/mol. The first-order valence-electron chi connectivity index (χ1n) is 11.6. The van der Waals surface area contributed by atoms with E-state index in [1.165, 1.54) is 18.6 Å². The predicted molar refractivity (Wildman–Crippen MR) is 126 cm³/mol. The van der Waals surface area contributed by atoms with Crippen molar-refractivity contribution in [3.63, 3.8) is 0 Å². The maximum absolute atomic E-state index is 13.4. The van der Waals surface area contributed by atoms with E-state index in [4.69, 9.17) is 14.4 Å². The summed E-state index contributed by atoms with van der Waals surface area (Å²) in [5, 5.41) is 21.6. The van der Waals surface area contributed by atoms with Crippen molar-refractivity contribution in [2.24, 2.45) is 11.8 Å². The topological polar surface area (TPSA) is 165 Å². The van der Waals surface area contributed by atoms with E-state index in [9.17, 15) is 24.3 Å². The Morgan fingerprint density at radius 3 is 2.50 bits per heavy atom. The summed E-state index contributed by atoms with van der Waals surface area (Å²) >= 11 is 0. The summed E-state index contributed by atoms with van der Waals surface area (Å²) in [5.74, 6) is -5.07. The third kappa shape index (κ3) is 7.19. The van der Waals surface area contributed by atoms with Crippen molar-refractivity contribution in [3.05, 3.63) is 60.2 Å². The van der Waals surface area contributed by atoms with Gasteiger partial charge in [-0.1, -0.05) is 44.2 Å². The second kappa shape index (κ2) is 12.4. The summed E-state index contributed by atoms with van der Waals surface area (Å²) in [6.45, 7) is 3.77. The van der Waals surface area contributed by atoms with Gasteiger partial charge in [0.15, 0.2) is 18.0 Å². The number of hydrogen-bond acceptors (Lipinski definition) is 9. The van der Waals surface area contributed by atoms with E-state index in [1.54, 1.807) is 0 Å². The van der Waals surface area contributed by atoms with Crippen LogP contribution < -0.4 is 5.32 Å². The molecule has 1 saturated heterocycles. The Balaban J connectivity index is 1.79. The minimum atomic E-state index is -2.10. The number of rotatable bonds is 12. The Hall–Kier alpha value is -3.64. The van der Waals surface area contributed by atoms with Gasteiger partial charge in [0.1, 0.15) is 5.69 Å². The Kier molecular flexibility index (Phi) is 9.26. The third-order valence-corrected chi connectivity index (χ3v) is 5.64. The number of Topliss-reactive ketones (excluding diaryl/α,β-unsaturated/α-hetero) is 1. The van der Waals surface area contributed by atoms with Gasteiger partial charge in [-0.3, -0.25) is 19.4 Å². The van der Waals surface area contributed by atoms with Crippen LogP contribution in [0.4, 0.5) is 0 Å². The van der Waals surface area contributed by atoms with Crippen LogP contribution in [0, 0.1) is 11.8 Å². The smallest absolute Gasteiger partial charge is 0.506 e. The monoisotopic (exact) mass is 497 g/mol. The standard InChI is InChI=1S/C24H28BN3O8/c1-14(2)10-19(25-35-21(24(34)36-25)20(30)23(32)33)28-22(31)16(11-15-6-4-3-5-7-15)12-18(29)17-13-26-8-9-27-17/h3-9,13-14,16,19-21,30H,10-12H2,1-2H3,(H,28,31)(H,32,33)/t16?,19-,20-,21?/m0/s1. The molecule has 36 heavy (non-hydrogen) atoms. The quantitative estimate of drug-likeness (QED) is 0.283. The summed E-state index contributed by atoms with van der Waals surface area (Å²) in [5.41, 5.74) is 0.985. The minimum Gasteiger partial charge on any atom is -0.506 e. The molecule has 11 nitrogen and oxygen atoms in total. The number of amides is 1. The molecule has 1 amide bonds. The number of aliphatic carboxylic acids is 1. The van der Waals surface area contributed by atoms with Crippen molar-refractivity contribution in [1.82, 2.24) is 15.3 Å². The van der Waals surface area contributed by atoms with Crippen molar-refractivity contribution in [1.29, 1.82) is 0 Å². The predicted octanol–water partition coefficient (Wildman–Crippen LogP) is 0.854. The van der Waals surface area contributed by atoms with E-state index >= 15 is 0 Å². The maximum atomic E-state index is 13.4. The van der Waals surface area contributed by atoms with Crippen LogP contribution in [0.1, 0.15) is 42.7 Å². The maximum Gasteiger partial charge on any atom is 0.552 e. The van der Waals surface area contributed by atoms with Gasteiger partial charge in [0.25, 0.3) is 0 Å². The first-order chi connectivity index (χ1) is 17.2. The Morgan fingerprint density at radius 1 is 1.17 bits per heavy atom. The molecule has 0 radical (unpaired) electrons. The number of carbonyl (C=O) groups excluding carboxylic acids is 3. The summed E-state index contributed by atoms with van der Waals surface area (Å²) < 4.78 is 10.6. The molecular formula is C24H28BN3O8. The molecule has 190 valence electrons. The number of aliphatic hydroxyl groups excluding tert-OH is 1. The van der Waals surface area contributed by atoms with E-state index in [-0.39, 0.29) is 30.2 Å². The van der Waals surface area contributed by atoms with E-state index in [1.807, 2.05) is 44.2 Å². The first-order valence-corrected chi connectivity index (χ1v) is 11.6. The zero-order valence-corrected chi connectivity index (χ0v) is 19.9. The molecule has 0 saturated carbocycles. The molecule has 1 aromatic heterocycles. The molecule has 4 atom stereocenters. The van der Waals surface area contributed by atoms with E-state index in [0.717, 1.165) is 5.56 Å². The van der Waals surface area contributed by atoms with Gasteiger partial charge in [-0.25, -0.2) is 9.78 Å². The van der Waals surface area contributed by atoms with Crippen LogP contribution in [0.15, 0.2) is 48.9 Å². The van der Waals surface area contributed by atoms with E-state index in [2.05, 4.69) is 15.3 Å². The third-order valence-electron chi connectivity index (χ3n) is 5.64. The normalized spacial score (nSPS) is 17.8. The fourth-order valence-electron chi connectivity index (χ4n) is 3.89. The second-order valence-corrected chi connectivity index (χ2v) is 8.99. The van der Waals surface area contributed by atoms with Crippen LogP contribution in [0.25, 0.3) is 0 Å². The van der Waals surface area contributed by atoms with Gasteiger partial charge in [0.2, 0.25) is 5.91 Å². The van der Waals surface area contributed by atoms with Crippen molar-refractivity contribution >= 4 is 30.7 Å². The molecule has 2 unspecified atom stereocenters. The molecule has 1 fully saturated rings. The fraction of sp³-hybridized carbons (Fsp3) is 0.417. The molecule has 3 rings (SSSR count). The number of carboxylic acids is 1. The first kappa shape index (κ1) is 27.0. The lowest BCUT2D eigenvalue weighted by Gasteiger charge is -2.24. The summed E-state index contributed by atoms with van der Waals surface area (Å²) in [6.07, 6.45) is 0.811. The number of carboxylic acid groups (broad SMARTS) is 1. The Bertz CT molecular complexity index is 1070. The van der Waals surface area contributed by atoms with E-state index in [0.29, 0.717) is 6.42 Å². The van der Waals surface area contributed by atoms with Crippen molar-refractivity contribution in [3.8, 4) is 0 Å². The molecule has 1 aromatic carbocycles. The van der Waals surface area contributed by atoms with Crippen molar-refractivity contribution in [2.45, 2.75) is 51.3 Å². The molecule has 3 N–H and O–H groups in total. The minimum absolute atomic E-state index is 0.0369. The molecule has 12 heteroatoms. The highest BCUT2D eigenvalue weighted by atomic mass is 16.7. The lowest BCUT2D eigenvalue weighted by molar-refractivity contribution is -0.157. The zero-order chi connectivity index (χ0) is 26.2. The average Bonchev–Trinajstić information content (AvgIpc) is 3.24. The molecule has 0 aliphatic carbocycles. The highest BCUT2D eigenvalue weighted by molar-refractivity contribution is 6.51. The van der Waals surface area contributed by atoms with Gasteiger partial charge >= 0.3 is 19.1 Å². The van der Waals surface area contributed by atoms with Crippen LogP contribution in [0.2, 0.25) is 0 Å². The van der Waals surface area contributed by atoms with Crippen LogP contribution in [0.3, 0.4) is 0 Å². The van der Waals surface area contributed by atoms with E-state index < -0.39 is 49.0 Å². The number of benzene rings is 1. The summed E-state index contributed by atoms with van der Waals surface area (Å²) in [4.78, 5) is 57.4. The lowest BCUT2D eigenvalue weighted by atomic mass is 9.73. The molecule has 2 aromatic rings. The Morgan fingerprint density at radius 2 is 1.89 bits per heavy atom. The van der Waals surface area contributed by atoms with Crippen LogP contribution in [0.5, 0.6) is 0 Å². The number of ketones is 1. The van der Waals surface area contributed by atoms with Crippen LogP contribution in [-0.4, -0.2) is 69.1 Å². The van der Waals surface area contributed by atoms with Crippen LogP contribution in [-0.2, 0) is 30.1 Å². The average molecular weight is 497 g/mol. The molecule has 1 aliphatic rings.